The normalized spacial score (nSPS) is 12.3. The van der Waals surface area contributed by atoms with Crippen molar-refractivity contribution in [1.82, 2.24) is 15.1 Å². The third-order valence-corrected chi connectivity index (χ3v) is 6.83. The Hall–Kier alpha value is -2.77. The molecule has 180 valence electrons. The summed E-state index contributed by atoms with van der Waals surface area (Å²) in [5.74, 6) is -0.278. The third kappa shape index (κ3) is 6.64. The molecule has 8 heteroatoms. The minimum Gasteiger partial charge on any atom is -0.335 e. The lowest BCUT2D eigenvalue weighted by Crippen LogP contribution is -2.40. The Morgan fingerprint density at radius 2 is 1.82 bits per heavy atom. The summed E-state index contributed by atoms with van der Waals surface area (Å²) in [5, 5.41) is 12.7. The van der Waals surface area contributed by atoms with Crippen molar-refractivity contribution in [2.24, 2.45) is 0 Å². The van der Waals surface area contributed by atoms with Crippen LogP contribution < -0.4 is 5.32 Å². The maximum atomic E-state index is 13.2. The number of hydrogen-bond acceptors (Lipinski definition) is 5. The van der Waals surface area contributed by atoms with Crippen molar-refractivity contribution in [3.05, 3.63) is 64.7 Å². The lowest BCUT2D eigenvalue weighted by Gasteiger charge is -2.29. The standard InChI is InChI=1S/C26H31ClN4O2S/c1-6-17(2)31(24(33)18-10-12-20(13-11-18)26(3,4)5)15-14-22(32)28-25-30-29-23(34-25)19-8-7-9-21(27)16-19/h7-13,16-17H,6,14-15H2,1-5H3,(H,28,30,32)/t17-/m1/s1. The van der Waals surface area contributed by atoms with E-state index in [1.807, 2.05) is 50.2 Å². The number of rotatable bonds is 8. The maximum absolute atomic E-state index is 13.2. The molecule has 0 aliphatic carbocycles. The van der Waals surface area contributed by atoms with Crippen molar-refractivity contribution in [3.8, 4) is 10.6 Å². The molecule has 6 nitrogen and oxygen atoms in total. The van der Waals surface area contributed by atoms with Crippen LogP contribution in [0.5, 0.6) is 0 Å². The van der Waals surface area contributed by atoms with Crippen LogP contribution in [0.4, 0.5) is 5.13 Å². The number of amides is 2. The zero-order chi connectivity index (χ0) is 24.9. The zero-order valence-electron chi connectivity index (χ0n) is 20.3. The molecular weight excluding hydrogens is 468 g/mol. The summed E-state index contributed by atoms with van der Waals surface area (Å²) in [4.78, 5) is 27.6. The Kier molecular flexibility index (Phi) is 8.44. The van der Waals surface area contributed by atoms with Crippen LogP contribution in [0.15, 0.2) is 48.5 Å². The molecule has 1 atom stereocenters. The van der Waals surface area contributed by atoms with Gasteiger partial charge in [0.1, 0.15) is 5.01 Å². The Labute approximate surface area is 210 Å². The first-order valence-electron chi connectivity index (χ1n) is 11.4. The van der Waals surface area contributed by atoms with Gasteiger partial charge in [0.15, 0.2) is 0 Å². The van der Waals surface area contributed by atoms with Crippen LogP contribution in [0.25, 0.3) is 10.6 Å². The van der Waals surface area contributed by atoms with E-state index in [-0.39, 0.29) is 29.7 Å². The van der Waals surface area contributed by atoms with Crippen LogP contribution in [0.2, 0.25) is 5.02 Å². The fourth-order valence-corrected chi connectivity index (χ4v) is 4.38. The van der Waals surface area contributed by atoms with Gasteiger partial charge < -0.3 is 10.2 Å². The van der Waals surface area contributed by atoms with E-state index in [9.17, 15) is 9.59 Å². The van der Waals surface area contributed by atoms with Gasteiger partial charge in [0.05, 0.1) is 0 Å². The SMILES string of the molecule is CC[C@@H](C)N(CCC(=O)Nc1nnc(-c2cccc(Cl)c2)s1)C(=O)c1ccc(C(C)(C)C)cc1. The van der Waals surface area contributed by atoms with Gasteiger partial charge in [0, 0.05) is 35.2 Å². The zero-order valence-corrected chi connectivity index (χ0v) is 21.8. The van der Waals surface area contributed by atoms with E-state index in [0.717, 1.165) is 12.0 Å². The van der Waals surface area contributed by atoms with Crippen molar-refractivity contribution < 1.29 is 9.59 Å². The summed E-state index contributed by atoms with van der Waals surface area (Å²) in [5.41, 5.74) is 2.67. The average molecular weight is 499 g/mol. The van der Waals surface area contributed by atoms with Crippen LogP contribution in [-0.4, -0.2) is 39.5 Å². The number of benzene rings is 2. The van der Waals surface area contributed by atoms with Crippen LogP contribution in [0.1, 0.15) is 63.4 Å². The molecule has 0 spiro atoms. The van der Waals surface area contributed by atoms with Gasteiger partial charge in [-0.1, -0.05) is 74.9 Å². The molecular formula is C26H31ClN4O2S. The first-order chi connectivity index (χ1) is 16.1. The fourth-order valence-electron chi connectivity index (χ4n) is 3.44. The van der Waals surface area contributed by atoms with Gasteiger partial charge in [-0.15, -0.1) is 10.2 Å². The number of halogens is 1. The number of aromatic nitrogens is 2. The molecule has 0 bridgehead atoms. The second-order valence-electron chi connectivity index (χ2n) is 9.30. The second-order valence-corrected chi connectivity index (χ2v) is 10.7. The van der Waals surface area contributed by atoms with Crippen molar-refractivity contribution >= 4 is 39.9 Å². The van der Waals surface area contributed by atoms with E-state index in [4.69, 9.17) is 11.6 Å². The molecule has 0 radical (unpaired) electrons. The first-order valence-corrected chi connectivity index (χ1v) is 12.6. The van der Waals surface area contributed by atoms with Gasteiger partial charge in [0.2, 0.25) is 11.0 Å². The Morgan fingerprint density at radius 3 is 2.44 bits per heavy atom. The largest absolute Gasteiger partial charge is 0.335 e. The molecule has 0 aliphatic heterocycles. The quantitative estimate of drug-likeness (QED) is 0.388. The van der Waals surface area contributed by atoms with E-state index in [1.165, 1.54) is 16.9 Å². The topological polar surface area (TPSA) is 75.2 Å². The Morgan fingerprint density at radius 1 is 1.12 bits per heavy atom. The maximum Gasteiger partial charge on any atom is 0.254 e. The summed E-state index contributed by atoms with van der Waals surface area (Å²) in [6.45, 7) is 10.8. The van der Waals surface area contributed by atoms with Crippen molar-refractivity contribution in [2.75, 3.05) is 11.9 Å². The first kappa shape index (κ1) is 25.8. The van der Waals surface area contributed by atoms with Crippen molar-refractivity contribution in [2.45, 2.75) is 58.9 Å². The molecule has 0 fully saturated rings. The molecule has 1 aromatic heterocycles. The number of hydrogen-bond donors (Lipinski definition) is 1. The van der Waals surface area contributed by atoms with E-state index in [1.54, 1.807) is 17.0 Å². The Bertz CT molecular complexity index is 1140. The highest BCUT2D eigenvalue weighted by atomic mass is 35.5. The molecule has 0 saturated carbocycles. The number of nitrogens with zero attached hydrogens (tertiary/aromatic N) is 3. The highest BCUT2D eigenvalue weighted by Crippen LogP contribution is 2.28. The Balaban J connectivity index is 1.64. The minimum atomic E-state index is -0.210. The van der Waals surface area contributed by atoms with Crippen LogP contribution in [0.3, 0.4) is 0 Å². The van der Waals surface area contributed by atoms with E-state index in [0.29, 0.717) is 27.3 Å². The smallest absolute Gasteiger partial charge is 0.254 e. The molecule has 0 unspecified atom stereocenters. The van der Waals surface area contributed by atoms with Crippen LogP contribution in [-0.2, 0) is 10.2 Å². The predicted octanol–water partition coefficient (Wildman–Crippen LogP) is 6.43. The monoisotopic (exact) mass is 498 g/mol. The lowest BCUT2D eigenvalue weighted by molar-refractivity contribution is -0.116. The molecule has 2 aromatic carbocycles. The highest BCUT2D eigenvalue weighted by Gasteiger charge is 2.22. The fraction of sp³-hybridized carbons (Fsp3) is 0.385. The molecule has 3 rings (SSSR count). The summed E-state index contributed by atoms with van der Waals surface area (Å²) in [7, 11) is 0. The third-order valence-electron chi connectivity index (χ3n) is 5.70. The minimum absolute atomic E-state index is 0.0125. The van der Waals surface area contributed by atoms with Crippen LogP contribution in [0, 0.1) is 0 Å². The predicted molar refractivity (Wildman–Crippen MR) is 140 cm³/mol. The van der Waals surface area contributed by atoms with Gasteiger partial charge in [-0.05, 0) is 48.6 Å². The number of nitrogens with one attached hydrogen (secondary N) is 1. The average Bonchev–Trinajstić information content (AvgIpc) is 3.26. The van der Waals surface area contributed by atoms with E-state index < -0.39 is 0 Å². The number of carbonyl (C=O) groups is 2. The van der Waals surface area contributed by atoms with E-state index in [2.05, 4.69) is 36.3 Å². The summed E-state index contributed by atoms with van der Waals surface area (Å²) >= 11 is 7.33. The number of carbonyl (C=O) groups excluding carboxylic acids is 2. The molecule has 2 amide bonds. The summed E-state index contributed by atoms with van der Waals surface area (Å²) < 4.78 is 0. The van der Waals surface area contributed by atoms with Gasteiger partial charge in [-0.25, -0.2) is 0 Å². The van der Waals surface area contributed by atoms with Gasteiger partial charge in [-0.2, -0.15) is 0 Å². The molecule has 1 N–H and O–H groups in total. The molecule has 34 heavy (non-hydrogen) atoms. The molecule has 3 aromatic rings. The van der Waals surface area contributed by atoms with Gasteiger partial charge in [-0.3, -0.25) is 9.59 Å². The van der Waals surface area contributed by atoms with E-state index >= 15 is 0 Å². The molecule has 1 heterocycles. The van der Waals surface area contributed by atoms with Gasteiger partial charge >= 0.3 is 0 Å². The second kappa shape index (κ2) is 11.1. The number of anilines is 1. The van der Waals surface area contributed by atoms with Crippen LogP contribution >= 0.6 is 22.9 Å². The highest BCUT2D eigenvalue weighted by molar-refractivity contribution is 7.18. The summed E-state index contributed by atoms with van der Waals surface area (Å²) in [6.07, 6.45) is 0.967. The molecule has 0 saturated heterocycles. The molecule has 0 aliphatic rings. The van der Waals surface area contributed by atoms with Crippen molar-refractivity contribution in [3.63, 3.8) is 0 Å². The summed E-state index contributed by atoms with van der Waals surface area (Å²) in [6, 6.07) is 15.1. The van der Waals surface area contributed by atoms with Gasteiger partial charge in [0.25, 0.3) is 5.91 Å². The van der Waals surface area contributed by atoms with Crippen molar-refractivity contribution in [1.29, 1.82) is 0 Å². The lowest BCUT2D eigenvalue weighted by atomic mass is 9.86.